The van der Waals surface area contributed by atoms with Crippen molar-refractivity contribution in [2.75, 3.05) is 13.2 Å². The lowest BCUT2D eigenvalue weighted by atomic mass is 9.85. The molecule has 31 heavy (non-hydrogen) atoms. The number of hydrogen-bond donors (Lipinski definition) is 1. The lowest BCUT2D eigenvalue weighted by Crippen LogP contribution is -2.50. The smallest absolute Gasteiger partial charge is 0.381 e. The van der Waals surface area contributed by atoms with Crippen molar-refractivity contribution in [1.82, 2.24) is 24.9 Å². The molecule has 0 atom stereocenters. The Bertz CT molecular complexity index is 1090. The molecule has 1 saturated heterocycles. The van der Waals surface area contributed by atoms with Gasteiger partial charge in [-0.2, -0.15) is 18.3 Å². The first-order chi connectivity index (χ1) is 14.7. The minimum absolute atomic E-state index is 0.259. The van der Waals surface area contributed by atoms with E-state index in [0.717, 1.165) is 17.8 Å². The molecule has 0 bridgehead atoms. The summed E-state index contributed by atoms with van der Waals surface area (Å²) in [6.45, 7) is 4.78. The largest absolute Gasteiger partial charge is 0.417 e. The van der Waals surface area contributed by atoms with Crippen molar-refractivity contribution in [3.8, 4) is 0 Å². The quantitative estimate of drug-likeness (QED) is 0.679. The lowest BCUT2D eigenvalue weighted by Gasteiger charge is -2.37. The van der Waals surface area contributed by atoms with Crippen LogP contribution in [0.2, 0.25) is 0 Å². The Morgan fingerprint density at radius 2 is 1.90 bits per heavy atom. The molecule has 10 heteroatoms. The van der Waals surface area contributed by atoms with E-state index >= 15 is 0 Å². The first kappa shape index (κ1) is 21.2. The number of nitrogens with one attached hydrogen (secondary N) is 1. The summed E-state index contributed by atoms with van der Waals surface area (Å²) >= 11 is 0. The number of ether oxygens (including phenoxy) is 1. The Morgan fingerprint density at radius 3 is 2.52 bits per heavy atom. The van der Waals surface area contributed by atoms with Gasteiger partial charge in [0.15, 0.2) is 5.65 Å². The van der Waals surface area contributed by atoms with Gasteiger partial charge in [0.1, 0.15) is 5.56 Å². The van der Waals surface area contributed by atoms with Crippen LogP contribution in [0.1, 0.15) is 59.8 Å². The third-order valence-corrected chi connectivity index (χ3v) is 5.57. The van der Waals surface area contributed by atoms with E-state index in [0.29, 0.717) is 37.4 Å². The molecule has 0 radical (unpaired) electrons. The van der Waals surface area contributed by atoms with Gasteiger partial charge >= 0.3 is 6.18 Å². The fourth-order valence-corrected chi connectivity index (χ4v) is 3.64. The van der Waals surface area contributed by atoms with E-state index < -0.39 is 23.2 Å². The molecule has 0 aromatic carbocycles. The maximum atomic E-state index is 13.2. The highest BCUT2D eigenvalue weighted by molar-refractivity contribution is 6.00. The number of hydrogen-bond acceptors (Lipinski definition) is 5. The van der Waals surface area contributed by atoms with Crippen LogP contribution in [-0.2, 0) is 16.5 Å². The van der Waals surface area contributed by atoms with Crippen LogP contribution in [0.15, 0.2) is 36.9 Å². The zero-order valence-electron chi connectivity index (χ0n) is 17.1. The monoisotopic (exact) mass is 433 g/mol. The molecule has 3 aromatic rings. The highest BCUT2D eigenvalue weighted by Crippen LogP contribution is 2.34. The van der Waals surface area contributed by atoms with E-state index in [2.05, 4.69) is 20.4 Å². The van der Waals surface area contributed by atoms with Crippen LogP contribution in [0.5, 0.6) is 0 Å². The molecule has 0 spiro atoms. The maximum absolute atomic E-state index is 13.2. The average molecular weight is 433 g/mol. The second kappa shape index (κ2) is 7.92. The number of rotatable bonds is 4. The molecule has 4 heterocycles. The second-order valence-electron chi connectivity index (χ2n) is 7.95. The number of carbonyl (C=O) groups excluding carboxylic acids is 1. The van der Waals surface area contributed by atoms with Gasteiger partial charge in [0.25, 0.3) is 5.91 Å². The van der Waals surface area contributed by atoms with E-state index in [4.69, 9.17) is 4.74 Å². The predicted octanol–water partition coefficient (Wildman–Crippen LogP) is 3.70. The molecular weight excluding hydrogens is 411 g/mol. The molecule has 1 fully saturated rings. The van der Waals surface area contributed by atoms with Crippen molar-refractivity contribution in [1.29, 1.82) is 0 Å². The van der Waals surface area contributed by atoms with Crippen molar-refractivity contribution < 1.29 is 22.7 Å². The van der Waals surface area contributed by atoms with Crippen LogP contribution >= 0.6 is 0 Å². The lowest BCUT2D eigenvalue weighted by molar-refractivity contribution is -0.137. The van der Waals surface area contributed by atoms with Crippen molar-refractivity contribution in [3.05, 3.63) is 59.3 Å². The van der Waals surface area contributed by atoms with Gasteiger partial charge in [-0.3, -0.25) is 9.78 Å². The molecule has 1 aliphatic rings. The summed E-state index contributed by atoms with van der Waals surface area (Å²) in [5.74, 6) is -0.155. The molecule has 3 aromatic heterocycles. The Hall–Kier alpha value is -3.01. The zero-order chi connectivity index (χ0) is 22.2. The van der Waals surface area contributed by atoms with Gasteiger partial charge in [0.05, 0.1) is 23.0 Å². The first-order valence-electron chi connectivity index (χ1n) is 9.97. The van der Waals surface area contributed by atoms with Crippen molar-refractivity contribution >= 4 is 11.6 Å². The van der Waals surface area contributed by atoms with Crippen molar-refractivity contribution in [2.24, 2.45) is 0 Å². The molecular formula is C21H22F3N5O2. The number of carbonyl (C=O) groups is 1. The number of halogens is 3. The molecule has 164 valence electrons. The second-order valence-corrected chi connectivity index (χ2v) is 7.95. The number of alkyl halides is 3. The molecule has 0 aliphatic carbocycles. The Balaban J connectivity index is 1.65. The van der Waals surface area contributed by atoms with Gasteiger partial charge in [0.2, 0.25) is 0 Å². The summed E-state index contributed by atoms with van der Waals surface area (Å²) in [6.07, 6.45) is 2.07. The zero-order valence-corrected chi connectivity index (χ0v) is 17.1. The summed E-state index contributed by atoms with van der Waals surface area (Å²) in [7, 11) is 0. The SMILES string of the molecule is CC(C)c1cnc2c(C(=O)NC3(c4ccc(C(F)(F)F)cn4)CCOCC3)cnn2c1. The van der Waals surface area contributed by atoms with E-state index in [-0.39, 0.29) is 11.5 Å². The van der Waals surface area contributed by atoms with E-state index in [1.807, 2.05) is 20.0 Å². The van der Waals surface area contributed by atoms with Gasteiger partial charge in [-0.15, -0.1) is 0 Å². The normalized spacial score (nSPS) is 16.6. The number of pyridine rings is 1. The molecule has 1 amide bonds. The third-order valence-electron chi connectivity index (χ3n) is 5.57. The average Bonchev–Trinajstić information content (AvgIpc) is 3.17. The number of fused-ring (bicyclic) bond motifs is 1. The fourth-order valence-electron chi connectivity index (χ4n) is 3.64. The van der Waals surface area contributed by atoms with E-state index in [1.54, 1.807) is 10.7 Å². The highest BCUT2D eigenvalue weighted by Gasteiger charge is 2.39. The summed E-state index contributed by atoms with van der Waals surface area (Å²) in [5, 5.41) is 7.22. The van der Waals surface area contributed by atoms with Gasteiger partial charge in [0, 0.05) is 31.8 Å². The first-order valence-corrected chi connectivity index (χ1v) is 9.97. The number of amides is 1. The fraction of sp³-hybridized carbons (Fsp3) is 0.429. The Kier molecular flexibility index (Phi) is 5.42. The van der Waals surface area contributed by atoms with Crippen LogP contribution < -0.4 is 5.32 Å². The summed E-state index contributed by atoms with van der Waals surface area (Å²) in [6, 6.07) is 2.30. The minimum atomic E-state index is -4.48. The Labute approximate surface area is 176 Å². The molecule has 0 saturated carbocycles. The molecule has 7 nitrogen and oxygen atoms in total. The molecule has 0 unspecified atom stereocenters. The minimum Gasteiger partial charge on any atom is -0.381 e. The third kappa shape index (κ3) is 4.12. The molecule has 4 rings (SSSR count). The number of aromatic nitrogens is 4. The van der Waals surface area contributed by atoms with Crippen LogP contribution in [0.25, 0.3) is 5.65 Å². The molecule has 1 N–H and O–H groups in total. The van der Waals surface area contributed by atoms with Gasteiger partial charge < -0.3 is 10.1 Å². The highest BCUT2D eigenvalue weighted by atomic mass is 19.4. The topological polar surface area (TPSA) is 81.4 Å². The number of nitrogens with zero attached hydrogens (tertiary/aromatic N) is 4. The van der Waals surface area contributed by atoms with Crippen LogP contribution in [0.3, 0.4) is 0 Å². The predicted molar refractivity (Wildman–Crippen MR) is 106 cm³/mol. The van der Waals surface area contributed by atoms with Gasteiger partial charge in [-0.25, -0.2) is 9.50 Å². The maximum Gasteiger partial charge on any atom is 0.417 e. The van der Waals surface area contributed by atoms with Crippen molar-refractivity contribution in [3.63, 3.8) is 0 Å². The van der Waals surface area contributed by atoms with Gasteiger partial charge in [-0.1, -0.05) is 13.8 Å². The molecule has 1 aliphatic heterocycles. The summed E-state index contributed by atoms with van der Waals surface area (Å²) < 4.78 is 45.8. The van der Waals surface area contributed by atoms with Crippen LogP contribution in [0.4, 0.5) is 13.2 Å². The van der Waals surface area contributed by atoms with Gasteiger partial charge in [-0.05, 0) is 36.5 Å². The standard InChI is InChI=1S/C21H22F3N5O2/c1-13(2)14-9-26-18-16(11-27-29(18)12-14)19(30)28-20(5-7-31-8-6-20)17-4-3-15(10-25-17)21(22,23)24/h3-4,9-13H,5-8H2,1-2H3,(H,28,30). The van der Waals surface area contributed by atoms with E-state index in [1.165, 1.54) is 12.3 Å². The van der Waals surface area contributed by atoms with E-state index in [9.17, 15) is 18.0 Å². The van der Waals surface area contributed by atoms with Crippen molar-refractivity contribution in [2.45, 2.75) is 44.3 Å². The van der Waals surface area contributed by atoms with Crippen LogP contribution in [-0.4, -0.2) is 38.7 Å². The summed E-state index contributed by atoms with van der Waals surface area (Å²) in [4.78, 5) is 21.6. The Morgan fingerprint density at radius 1 is 1.16 bits per heavy atom. The summed E-state index contributed by atoms with van der Waals surface area (Å²) in [5.41, 5.74) is 0.266. The van der Waals surface area contributed by atoms with Crippen LogP contribution in [0, 0.1) is 0 Å².